The largest absolute Gasteiger partial charge is 0.229 e. The van der Waals surface area contributed by atoms with Crippen molar-refractivity contribution in [3.05, 3.63) is 30.1 Å². The Kier molecular flexibility index (Phi) is 5.46. The zero-order valence-electron chi connectivity index (χ0n) is 10.3. The average molecular weight is 220 g/mol. The van der Waals surface area contributed by atoms with E-state index in [0.717, 1.165) is 19.4 Å². The number of tetrazole rings is 1. The third-order valence-corrected chi connectivity index (χ3v) is 2.63. The van der Waals surface area contributed by atoms with Gasteiger partial charge in [0.25, 0.3) is 0 Å². The molecule has 0 N–H and O–H groups in total. The summed E-state index contributed by atoms with van der Waals surface area (Å²) in [7, 11) is 0. The van der Waals surface area contributed by atoms with E-state index in [-0.39, 0.29) is 0 Å². The van der Waals surface area contributed by atoms with Gasteiger partial charge in [-0.15, -0.1) is 5.10 Å². The summed E-state index contributed by atoms with van der Waals surface area (Å²) in [5, 5.41) is 11.1. The van der Waals surface area contributed by atoms with Crippen LogP contribution in [0.15, 0.2) is 30.1 Å². The molecule has 4 nitrogen and oxygen atoms in total. The van der Waals surface area contributed by atoms with Gasteiger partial charge in [0.2, 0.25) is 0 Å². The van der Waals surface area contributed by atoms with Gasteiger partial charge in [0.1, 0.15) is 6.33 Å². The highest BCUT2D eigenvalue weighted by atomic mass is 15.5. The molecule has 1 heterocycles. The Labute approximate surface area is 97.0 Å². The lowest BCUT2D eigenvalue weighted by molar-refractivity contribution is 0.633. The molecule has 0 aliphatic heterocycles. The van der Waals surface area contributed by atoms with E-state index in [4.69, 9.17) is 0 Å². The standard InChI is InChI=1S/C12H20N4/c1-4-6-7-12(11(3)5-2)8-9-16-10-13-14-15-16/h6-8,10-11H,4-5,9H2,1-3H3. The Bertz CT molecular complexity index is 338. The first-order chi connectivity index (χ1) is 7.77. The van der Waals surface area contributed by atoms with Crippen LogP contribution < -0.4 is 0 Å². The lowest BCUT2D eigenvalue weighted by Gasteiger charge is -2.10. The fourth-order valence-corrected chi connectivity index (χ4v) is 1.39. The predicted molar refractivity (Wildman–Crippen MR) is 64.8 cm³/mol. The summed E-state index contributed by atoms with van der Waals surface area (Å²) >= 11 is 0. The summed E-state index contributed by atoms with van der Waals surface area (Å²) < 4.78 is 1.72. The second-order valence-corrected chi connectivity index (χ2v) is 3.86. The Balaban J connectivity index is 2.67. The maximum Gasteiger partial charge on any atom is 0.138 e. The van der Waals surface area contributed by atoms with Gasteiger partial charge in [-0.2, -0.15) is 0 Å². The quantitative estimate of drug-likeness (QED) is 0.692. The fraction of sp³-hybridized carbons (Fsp3) is 0.583. The van der Waals surface area contributed by atoms with Gasteiger partial charge < -0.3 is 0 Å². The first-order valence-corrected chi connectivity index (χ1v) is 5.85. The van der Waals surface area contributed by atoms with Crippen LogP contribution in [-0.2, 0) is 6.54 Å². The van der Waals surface area contributed by atoms with Gasteiger partial charge in [-0.05, 0) is 34.8 Å². The molecule has 0 saturated heterocycles. The van der Waals surface area contributed by atoms with Crippen LogP contribution in [0.3, 0.4) is 0 Å². The summed E-state index contributed by atoms with van der Waals surface area (Å²) in [5.74, 6) is 0.583. The third kappa shape index (κ3) is 3.96. The molecular formula is C12H20N4. The topological polar surface area (TPSA) is 43.6 Å². The van der Waals surface area contributed by atoms with E-state index in [1.807, 2.05) is 0 Å². The fourth-order valence-electron chi connectivity index (χ4n) is 1.39. The SMILES string of the molecule is CCC=CC(=CCn1cnnn1)C(C)CC. The summed E-state index contributed by atoms with van der Waals surface area (Å²) in [5.41, 5.74) is 1.36. The molecule has 0 bridgehead atoms. The number of allylic oxidation sites excluding steroid dienone is 4. The van der Waals surface area contributed by atoms with Crippen molar-refractivity contribution in [3.63, 3.8) is 0 Å². The van der Waals surface area contributed by atoms with Gasteiger partial charge in [0.05, 0.1) is 6.54 Å². The molecule has 0 saturated carbocycles. The van der Waals surface area contributed by atoms with E-state index in [1.54, 1.807) is 11.0 Å². The Morgan fingerprint density at radius 3 is 2.81 bits per heavy atom. The molecule has 0 spiro atoms. The van der Waals surface area contributed by atoms with E-state index >= 15 is 0 Å². The maximum absolute atomic E-state index is 3.84. The molecule has 1 rings (SSSR count). The number of rotatable bonds is 6. The van der Waals surface area contributed by atoms with Crippen molar-refractivity contribution in [3.8, 4) is 0 Å². The van der Waals surface area contributed by atoms with Crippen LogP contribution in [0.5, 0.6) is 0 Å². The molecule has 16 heavy (non-hydrogen) atoms. The summed E-state index contributed by atoms with van der Waals surface area (Å²) in [4.78, 5) is 0. The first kappa shape index (κ1) is 12.6. The van der Waals surface area contributed by atoms with Crippen LogP contribution >= 0.6 is 0 Å². The molecule has 0 aliphatic carbocycles. The van der Waals surface area contributed by atoms with Crippen LogP contribution in [0, 0.1) is 5.92 Å². The smallest absolute Gasteiger partial charge is 0.138 e. The zero-order chi connectivity index (χ0) is 11.8. The van der Waals surface area contributed by atoms with Gasteiger partial charge >= 0.3 is 0 Å². The molecule has 4 heteroatoms. The van der Waals surface area contributed by atoms with Crippen molar-refractivity contribution in [1.29, 1.82) is 0 Å². The summed E-state index contributed by atoms with van der Waals surface area (Å²) in [6, 6.07) is 0. The molecule has 0 aromatic carbocycles. The predicted octanol–water partition coefficient (Wildman–Crippen LogP) is 2.61. The lowest BCUT2D eigenvalue weighted by atomic mass is 9.97. The highest BCUT2D eigenvalue weighted by molar-refractivity contribution is 5.20. The molecule has 1 atom stereocenters. The molecule has 0 amide bonds. The van der Waals surface area contributed by atoms with E-state index in [9.17, 15) is 0 Å². The maximum atomic E-state index is 3.84. The molecule has 0 fully saturated rings. The molecule has 0 radical (unpaired) electrons. The monoisotopic (exact) mass is 220 g/mol. The first-order valence-electron chi connectivity index (χ1n) is 5.85. The molecule has 1 aromatic rings. The molecule has 1 unspecified atom stereocenters. The van der Waals surface area contributed by atoms with E-state index in [1.165, 1.54) is 5.57 Å². The zero-order valence-corrected chi connectivity index (χ0v) is 10.3. The van der Waals surface area contributed by atoms with Gasteiger partial charge in [-0.3, -0.25) is 0 Å². The van der Waals surface area contributed by atoms with Crippen molar-refractivity contribution in [2.24, 2.45) is 5.92 Å². The number of nitrogens with zero attached hydrogens (tertiary/aromatic N) is 4. The highest BCUT2D eigenvalue weighted by Gasteiger charge is 2.02. The lowest BCUT2D eigenvalue weighted by Crippen LogP contribution is -2.01. The number of hydrogen-bond donors (Lipinski definition) is 0. The van der Waals surface area contributed by atoms with Gasteiger partial charge in [0.15, 0.2) is 0 Å². The van der Waals surface area contributed by atoms with Crippen LogP contribution in [0.25, 0.3) is 0 Å². The van der Waals surface area contributed by atoms with Gasteiger partial charge in [-0.1, -0.05) is 39.0 Å². The van der Waals surface area contributed by atoms with E-state index < -0.39 is 0 Å². The molecular weight excluding hydrogens is 200 g/mol. The molecule has 1 aromatic heterocycles. The average Bonchev–Trinajstić information content (AvgIpc) is 2.81. The van der Waals surface area contributed by atoms with Gasteiger partial charge in [-0.25, -0.2) is 4.68 Å². The Morgan fingerprint density at radius 2 is 2.25 bits per heavy atom. The minimum atomic E-state index is 0.583. The second kappa shape index (κ2) is 6.93. The van der Waals surface area contributed by atoms with Crippen LogP contribution in [0.2, 0.25) is 0 Å². The second-order valence-electron chi connectivity index (χ2n) is 3.86. The van der Waals surface area contributed by atoms with Gasteiger partial charge in [0, 0.05) is 0 Å². The van der Waals surface area contributed by atoms with Crippen molar-refractivity contribution >= 4 is 0 Å². The van der Waals surface area contributed by atoms with Crippen molar-refractivity contribution in [2.45, 2.75) is 40.2 Å². The number of aromatic nitrogens is 4. The minimum Gasteiger partial charge on any atom is -0.229 e. The van der Waals surface area contributed by atoms with Crippen molar-refractivity contribution in [1.82, 2.24) is 20.2 Å². The number of hydrogen-bond acceptors (Lipinski definition) is 3. The summed E-state index contributed by atoms with van der Waals surface area (Å²) in [6.45, 7) is 7.33. The van der Waals surface area contributed by atoms with Crippen molar-refractivity contribution in [2.75, 3.05) is 0 Å². The molecule has 88 valence electrons. The van der Waals surface area contributed by atoms with E-state index in [2.05, 4.69) is 54.5 Å². The van der Waals surface area contributed by atoms with Crippen LogP contribution in [-0.4, -0.2) is 20.2 Å². The van der Waals surface area contributed by atoms with Crippen LogP contribution in [0.1, 0.15) is 33.6 Å². The van der Waals surface area contributed by atoms with Crippen molar-refractivity contribution < 1.29 is 0 Å². The minimum absolute atomic E-state index is 0.583. The Morgan fingerprint density at radius 1 is 1.44 bits per heavy atom. The Hall–Kier alpha value is -1.45. The third-order valence-electron chi connectivity index (χ3n) is 2.63. The molecule has 0 aliphatic rings. The van der Waals surface area contributed by atoms with Crippen LogP contribution in [0.4, 0.5) is 0 Å². The van der Waals surface area contributed by atoms with E-state index in [0.29, 0.717) is 5.92 Å². The highest BCUT2D eigenvalue weighted by Crippen LogP contribution is 2.16. The normalized spacial score (nSPS) is 14.6. The summed E-state index contributed by atoms with van der Waals surface area (Å²) in [6.07, 6.45) is 10.4.